The van der Waals surface area contributed by atoms with Gasteiger partial charge in [-0.15, -0.1) is 0 Å². The zero-order valence-electron chi connectivity index (χ0n) is 27.2. The zero-order valence-corrected chi connectivity index (χ0v) is 28.1. The smallest absolute Gasteiger partial charge is 0.323 e. The number of aliphatic imine (C=N–C) groups is 1. The molecule has 1 aromatic rings. The van der Waals surface area contributed by atoms with Crippen molar-refractivity contribution in [1.29, 1.82) is 0 Å². The fraction of sp³-hybridized carbons (Fsp3) is 0.727. The van der Waals surface area contributed by atoms with Crippen molar-refractivity contribution in [1.82, 2.24) is 9.80 Å². The Kier molecular flexibility index (Phi) is 9.53. The van der Waals surface area contributed by atoms with Crippen LogP contribution in [-0.4, -0.2) is 65.6 Å². The summed E-state index contributed by atoms with van der Waals surface area (Å²) >= 11 is 0. The fourth-order valence-electron chi connectivity index (χ4n) is 7.73. The molecule has 2 amide bonds. The summed E-state index contributed by atoms with van der Waals surface area (Å²) in [5.74, 6) is -0.298. The van der Waals surface area contributed by atoms with Gasteiger partial charge in [-0.2, -0.15) is 0 Å². The molecule has 2 bridgehead atoms. The van der Waals surface area contributed by atoms with Gasteiger partial charge >= 0.3 is 7.60 Å². The third-order valence-corrected chi connectivity index (χ3v) is 12.7. The van der Waals surface area contributed by atoms with Crippen molar-refractivity contribution in [3.05, 3.63) is 35.9 Å². The first-order chi connectivity index (χ1) is 19.6. The number of nitrogens with zero attached hydrogens (tertiary/aromatic N) is 3. The van der Waals surface area contributed by atoms with E-state index in [1.54, 1.807) is 29.0 Å². The predicted octanol–water partition coefficient (Wildman–Crippen LogP) is 7.39. The van der Waals surface area contributed by atoms with Gasteiger partial charge in [0.05, 0.1) is 13.2 Å². The van der Waals surface area contributed by atoms with Gasteiger partial charge in [0.15, 0.2) is 5.78 Å². The quantitative estimate of drug-likeness (QED) is 0.247. The van der Waals surface area contributed by atoms with E-state index >= 15 is 0 Å². The molecule has 0 aromatic heterocycles. The van der Waals surface area contributed by atoms with Crippen molar-refractivity contribution < 1.29 is 23.2 Å². The van der Waals surface area contributed by atoms with Gasteiger partial charge in [0, 0.05) is 29.2 Å². The highest BCUT2D eigenvalue weighted by atomic mass is 31.2. The van der Waals surface area contributed by atoms with Crippen molar-refractivity contribution >= 4 is 25.1 Å². The highest BCUT2D eigenvalue weighted by Crippen LogP contribution is 2.65. The Bertz CT molecular complexity index is 1220. The van der Waals surface area contributed by atoms with Gasteiger partial charge in [0.25, 0.3) is 5.91 Å². The number of amides is 2. The van der Waals surface area contributed by atoms with Gasteiger partial charge in [0.1, 0.15) is 12.2 Å². The average Bonchev–Trinajstić information content (AvgIpc) is 3.39. The van der Waals surface area contributed by atoms with Crippen LogP contribution in [0.25, 0.3) is 0 Å². The topological polar surface area (TPSA) is 88.5 Å². The standard InChI is InChI=1S/C33H52N3O5P/c1-10-40-42(39,41-11-2)27(34-26-22-24-20-21-33(26,8)32(24,6)7)19-15-18-25-29(38)35(9)30(31(3,4)5)36(25)28(37)23-16-13-12-14-17-23/h12-14,16-17,24-25,27,30H,10-11,15,18-22H2,1-9H3/b34-26+/t24-,25+,27-,30+,33+/m0/s1. The van der Waals surface area contributed by atoms with Crippen molar-refractivity contribution in [2.24, 2.45) is 27.2 Å². The van der Waals surface area contributed by atoms with Crippen molar-refractivity contribution in [2.45, 2.75) is 112 Å². The number of carbonyl (C=O) groups is 2. The van der Waals surface area contributed by atoms with E-state index in [4.69, 9.17) is 14.0 Å². The second-order valence-corrected chi connectivity index (χ2v) is 16.3. The molecule has 2 saturated carbocycles. The Morgan fingerprint density at radius 3 is 2.24 bits per heavy atom. The second-order valence-electron chi connectivity index (χ2n) is 14.1. The van der Waals surface area contributed by atoms with Crippen molar-refractivity contribution in [2.75, 3.05) is 20.3 Å². The SMILES string of the molecule is CCOP(=O)(OCC)[C@@H](CCC[C@@H]1C(=O)N(C)[C@@H](C(C)(C)C)N1C(=O)c1ccccc1)/N=C1\C[C@@H]2CC[C@@]1(C)C2(C)C. The number of hydrogen-bond donors (Lipinski definition) is 0. The summed E-state index contributed by atoms with van der Waals surface area (Å²) in [7, 11) is -1.76. The monoisotopic (exact) mass is 601 g/mol. The van der Waals surface area contributed by atoms with E-state index in [0.29, 0.717) is 30.7 Å². The molecule has 0 N–H and O–H groups in total. The van der Waals surface area contributed by atoms with Crippen molar-refractivity contribution in [3.8, 4) is 0 Å². The maximum atomic E-state index is 14.2. The van der Waals surface area contributed by atoms with Gasteiger partial charge in [0.2, 0.25) is 5.91 Å². The molecule has 3 aliphatic rings. The lowest BCUT2D eigenvalue weighted by Crippen LogP contribution is -2.50. The molecule has 1 saturated heterocycles. The van der Waals surface area contributed by atoms with Crippen LogP contribution in [0.15, 0.2) is 35.3 Å². The molecule has 0 unspecified atom stereocenters. The van der Waals surface area contributed by atoms with E-state index in [1.807, 2.05) is 32.0 Å². The molecule has 42 heavy (non-hydrogen) atoms. The summed E-state index contributed by atoms with van der Waals surface area (Å²) in [5.41, 5.74) is 1.44. The number of benzene rings is 1. The first kappa shape index (κ1) is 32.9. The summed E-state index contributed by atoms with van der Waals surface area (Å²) in [6.07, 6.45) is 4.25. The molecule has 1 heterocycles. The highest BCUT2D eigenvalue weighted by Gasteiger charge is 2.60. The third-order valence-electron chi connectivity index (χ3n) is 10.4. The van der Waals surface area contributed by atoms with Crippen molar-refractivity contribution in [3.63, 3.8) is 0 Å². The van der Waals surface area contributed by atoms with Crippen LogP contribution in [-0.2, 0) is 18.4 Å². The molecule has 1 aromatic carbocycles. The minimum atomic E-state index is -3.55. The molecule has 234 valence electrons. The number of likely N-dealkylation sites (N-methyl/N-ethyl adjacent to an activating group) is 1. The molecular weight excluding hydrogens is 549 g/mol. The second kappa shape index (κ2) is 12.2. The lowest BCUT2D eigenvalue weighted by molar-refractivity contribution is -0.129. The average molecular weight is 602 g/mol. The minimum Gasteiger partial charge on any atom is -0.323 e. The summed E-state index contributed by atoms with van der Waals surface area (Å²) in [5, 5.41) is 0. The zero-order chi connectivity index (χ0) is 31.1. The van der Waals surface area contributed by atoms with Gasteiger partial charge < -0.3 is 18.8 Å². The van der Waals surface area contributed by atoms with E-state index in [9.17, 15) is 14.2 Å². The molecule has 0 radical (unpaired) electrons. The van der Waals surface area contributed by atoms with Crippen LogP contribution in [0.3, 0.4) is 0 Å². The predicted molar refractivity (Wildman–Crippen MR) is 168 cm³/mol. The molecule has 0 spiro atoms. The van der Waals surface area contributed by atoms with E-state index in [2.05, 4.69) is 41.5 Å². The Balaban J connectivity index is 1.62. The molecule has 1 aliphatic heterocycles. The lowest BCUT2D eigenvalue weighted by atomic mass is 9.70. The molecule has 3 fully saturated rings. The third kappa shape index (κ3) is 5.76. The maximum Gasteiger partial charge on any atom is 0.354 e. The fourth-order valence-corrected chi connectivity index (χ4v) is 9.65. The van der Waals surface area contributed by atoms with E-state index in [0.717, 1.165) is 18.6 Å². The van der Waals surface area contributed by atoms with E-state index in [-0.39, 0.29) is 47.4 Å². The van der Waals surface area contributed by atoms with Crippen LogP contribution < -0.4 is 0 Å². The highest BCUT2D eigenvalue weighted by molar-refractivity contribution is 7.54. The largest absolute Gasteiger partial charge is 0.354 e. The molecular formula is C33H52N3O5P. The summed E-state index contributed by atoms with van der Waals surface area (Å²) in [4.78, 5) is 36.2. The molecule has 2 aliphatic carbocycles. The molecule has 8 nitrogen and oxygen atoms in total. The van der Waals surface area contributed by atoms with Crippen LogP contribution in [0, 0.1) is 22.2 Å². The molecule has 5 atom stereocenters. The van der Waals surface area contributed by atoms with Crippen LogP contribution in [0.5, 0.6) is 0 Å². The van der Waals surface area contributed by atoms with E-state index < -0.39 is 19.4 Å². The number of rotatable bonds is 11. The first-order valence-corrected chi connectivity index (χ1v) is 17.3. The number of hydrogen-bond acceptors (Lipinski definition) is 6. The normalized spacial score (nSPS) is 29.1. The Morgan fingerprint density at radius 1 is 1.12 bits per heavy atom. The van der Waals surface area contributed by atoms with E-state index in [1.165, 1.54) is 6.42 Å². The van der Waals surface area contributed by atoms with Crippen LogP contribution in [0.1, 0.15) is 104 Å². The summed E-state index contributed by atoms with van der Waals surface area (Å²) in [6, 6.07) is 8.55. The van der Waals surface area contributed by atoms with Crippen LogP contribution >= 0.6 is 7.60 Å². The number of carbonyl (C=O) groups excluding carboxylic acids is 2. The van der Waals surface area contributed by atoms with Crippen LogP contribution in [0.4, 0.5) is 0 Å². The van der Waals surface area contributed by atoms with Crippen LogP contribution in [0.2, 0.25) is 0 Å². The van der Waals surface area contributed by atoms with Gasteiger partial charge in [-0.05, 0) is 75.8 Å². The Morgan fingerprint density at radius 2 is 1.74 bits per heavy atom. The molecule has 9 heteroatoms. The van der Waals surface area contributed by atoms with Gasteiger partial charge in [-0.25, -0.2) is 0 Å². The Labute approximate surface area is 253 Å². The Hall–Kier alpha value is -2.02. The summed E-state index contributed by atoms with van der Waals surface area (Å²) < 4.78 is 25.8. The maximum absolute atomic E-state index is 14.2. The van der Waals surface area contributed by atoms with Gasteiger partial charge in [-0.1, -0.05) is 59.7 Å². The van der Waals surface area contributed by atoms with Gasteiger partial charge in [-0.3, -0.25) is 19.1 Å². The minimum absolute atomic E-state index is 0.0395. The first-order valence-electron chi connectivity index (χ1n) is 15.7. The molecule has 4 rings (SSSR count). The number of fused-ring (bicyclic) bond motifs is 2. The summed E-state index contributed by atoms with van der Waals surface area (Å²) in [6.45, 7) is 17.3. The lowest BCUT2D eigenvalue weighted by Gasteiger charge is -2.39.